The molecule has 8 unspecified atom stereocenters. The van der Waals surface area contributed by atoms with Crippen LogP contribution in [0.5, 0.6) is 0 Å². The van der Waals surface area contributed by atoms with E-state index < -0.39 is 17.8 Å². The second-order valence-corrected chi connectivity index (χ2v) is 12.2. The lowest BCUT2D eigenvalue weighted by molar-refractivity contribution is -0.142. The van der Waals surface area contributed by atoms with E-state index in [2.05, 4.69) is 36.7 Å². The number of rotatable bonds is 8. The summed E-state index contributed by atoms with van der Waals surface area (Å²) in [4.78, 5) is 40.5. The highest BCUT2D eigenvalue weighted by Crippen LogP contribution is 2.30. The highest BCUT2D eigenvalue weighted by molar-refractivity contribution is 5.92. The Kier molecular flexibility index (Phi) is 10.5. The summed E-state index contributed by atoms with van der Waals surface area (Å²) < 4.78 is 0. The minimum absolute atomic E-state index is 0.0914. The summed E-state index contributed by atoms with van der Waals surface area (Å²) in [6.45, 7) is 10.3. The normalized spacial score (nSPS) is 34.2. The van der Waals surface area contributed by atoms with Crippen LogP contribution >= 0.6 is 0 Å². The van der Waals surface area contributed by atoms with Gasteiger partial charge in [-0.25, -0.2) is 0 Å². The molecule has 3 aliphatic carbocycles. The molecule has 35 heavy (non-hydrogen) atoms. The molecule has 0 aliphatic heterocycles. The van der Waals surface area contributed by atoms with Gasteiger partial charge in [-0.15, -0.1) is 0 Å². The van der Waals surface area contributed by atoms with Gasteiger partial charge in [0.1, 0.15) is 0 Å². The van der Waals surface area contributed by atoms with Crippen LogP contribution in [0, 0.1) is 35.5 Å². The molecule has 8 atom stereocenters. The van der Waals surface area contributed by atoms with E-state index in [1.54, 1.807) is 0 Å². The van der Waals surface area contributed by atoms with Gasteiger partial charge in [-0.3, -0.25) is 14.4 Å². The van der Waals surface area contributed by atoms with Crippen LogP contribution < -0.4 is 16.0 Å². The third-order valence-electron chi connectivity index (χ3n) is 9.52. The Morgan fingerprint density at radius 2 is 0.800 bits per heavy atom. The zero-order valence-corrected chi connectivity index (χ0v) is 22.9. The number of hydrogen-bond donors (Lipinski definition) is 3. The van der Waals surface area contributed by atoms with Crippen LogP contribution in [0.25, 0.3) is 0 Å². The van der Waals surface area contributed by atoms with E-state index in [1.807, 2.05) is 13.8 Å². The molecule has 0 radical (unpaired) electrons. The molecule has 0 aromatic rings. The predicted octanol–water partition coefficient (Wildman–Crippen LogP) is 4.96. The maximum Gasteiger partial charge on any atom is 0.224 e. The zero-order chi connectivity index (χ0) is 25.5. The number of carbonyl (C=O) groups excluding carboxylic acids is 3. The molecule has 3 saturated carbocycles. The van der Waals surface area contributed by atoms with Crippen molar-refractivity contribution in [2.45, 2.75) is 130 Å². The van der Waals surface area contributed by atoms with Crippen LogP contribution in [0.2, 0.25) is 0 Å². The first kappa shape index (κ1) is 28.0. The summed E-state index contributed by atoms with van der Waals surface area (Å²) in [5.41, 5.74) is 0. The van der Waals surface area contributed by atoms with Gasteiger partial charge in [0.2, 0.25) is 17.7 Å². The second-order valence-electron chi connectivity index (χ2n) is 12.2. The van der Waals surface area contributed by atoms with Crippen LogP contribution in [0.1, 0.15) is 112 Å². The first-order valence-electron chi connectivity index (χ1n) is 14.6. The van der Waals surface area contributed by atoms with Crippen LogP contribution in [0.3, 0.4) is 0 Å². The molecule has 0 aromatic carbocycles. The molecule has 0 bridgehead atoms. The van der Waals surface area contributed by atoms with Crippen molar-refractivity contribution >= 4 is 17.7 Å². The molecule has 0 saturated heterocycles. The fraction of sp³-hybridized carbons (Fsp3) is 0.897. The maximum absolute atomic E-state index is 13.7. The van der Waals surface area contributed by atoms with E-state index in [4.69, 9.17) is 0 Å². The van der Waals surface area contributed by atoms with Crippen molar-refractivity contribution in [3.8, 4) is 0 Å². The molecule has 0 aromatic heterocycles. The van der Waals surface area contributed by atoms with Crippen LogP contribution in [-0.4, -0.2) is 35.8 Å². The van der Waals surface area contributed by atoms with Gasteiger partial charge in [-0.2, -0.15) is 0 Å². The lowest BCUT2D eigenvalue weighted by Gasteiger charge is -2.36. The quantitative estimate of drug-likeness (QED) is 0.450. The maximum atomic E-state index is 13.7. The number of amides is 3. The van der Waals surface area contributed by atoms with Gasteiger partial charge in [-0.05, 0) is 56.3 Å². The molecule has 3 fully saturated rings. The van der Waals surface area contributed by atoms with Gasteiger partial charge in [-0.1, -0.05) is 73.1 Å². The molecular weight excluding hydrogens is 438 g/mol. The van der Waals surface area contributed by atoms with Crippen molar-refractivity contribution in [3.63, 3.8) is 0 Å². The Morgan fingerprint density at radius 3 is 1.11 bits per heavy atom. The number of nitrogens with one attached hydrogen (secondary N) is 3. The Labute approximate surface area is 213 Å². The van der Waals surface area contributed by atoms with E-state index in [0.717, 1.165) is 57.8 Å². The molecule has 0 spiro atoms. The smallest absolute Gasteiger partial charge is 0.224 e. The average Bonchev–Trinajstić information content (AvgIpc) is 2.83. The Balaban J connectivity index is 1.73. The van der Waals surface area contributed by atoms with Crippen LogP contribution in [-0.2, 0) is 14.4 Å². The van der Waals surface area contributed by atoms with Gasteiger partial charge < -0.3 is 16.0 Å². The Bertz CT molecular complexity index is 684. The first-order chi connectivity index (χ1) is 16.7. The lowest BCUT2D eigenvalue weighted by atomic mass is 9.78. The number of carbonyl (C=O) groups is 3. The largest absolute Gasteiger partial charge is 0.353 e. The summed E-state index contributed by atoms with van der Waals surface area (Å²) in [6, 6.07) is 0.446. The molecular formula is C29H51N3O3. The first-order valence-corrected chi connectivity index (χ1v) is 14.6. The summed E-state index contributed by atoms with van der Waals surface area (Å²) in [7, 11) is 0. The van der Waals surface area contributed by atoms with E-state index >= 15 is 0 Å². The second kappa shape index (κ2) is 13.1. The van der Waals surface area contributed by atoms with Crippen molar-refractivity contribution in [1.82, 2.24) is 16.0 Å². The van der Waals surface area contributed by atoms with Gasteiger partial charge >= 0.3 is 0 Å². The molecule has 0 heterocycles. The van der Waals surface area contributed by atoms with Crippen LogP contribution in [0.15, 0.2) is 0 Å². The van der Waals surface area contributed by atoms with Crippen molar-refractivity contribution in [1.29, 1.82) is 0 Å². The van der Waals surface area contributed by atoms with Gasteiger partial charge in [0, 0.05) is 30.0 Å². The summed E-state index contributed by atoms with van der Waals surface area (Å²) >= 11 is 0. The fourth-order valence-electron chi connectivity index (χ4n) is 6.71. The van der Waals surface area contributed by atoms with E-state index in [9.17, 15) is 14.4 Å². The third-order valence-corrected chi connectivity index (χ3v) is 9.52. The van der Waals surface area contributed by atoms with E-state index in [-0.39, 0.29) is 35.8 Å². The molecule has 6 heteroatoms. The molecule has 3 rings (SSSR count). The topological polar surface area (TPSA) is 87.3 Å². The van der Waals surface area contributed by atoms with Gasteiger partial charge in [0.25, 0.3) is 0 Å². The molecule has 6 nitrogen and oxygen atoms in total. The summed E-state index contributed by atoms with van der Waals surface area (Å²) in [6.07, 6.45) is 13.3. The molecule has 3 aliphatic rings. The van der Waals surface area contributed by atoms with Crippen molar-refractivity contribution in [2.24, 2.45) is 35.5 Å². The summed E-state index contributed by atoms with van der Waals surface area (Å²) in [5.74, 6) is -0.803. The Hall–Kier alpha value is -1.59. The predicted molar refractivity (Wildman–Crippen MR) is 141 cm³/mol. The Morgan fingerprint density at radius 1 is 0.514 bits per heavy atom. The van der Waals surface area contributed by atoms with Crippen molar-refractivity contribution in [3.05, 3.63) is 0 Å². The lowest BCUT2D eigenvalue weighted by Crippen LogP contribution is -2.54. The summed E-state index contributed by atoms with van der Waals surface area (Å²) in [5, 5.41) is 9.76. The zero-order valence-electron chi connectivity index (χ0n) is 22.9. The van der Waals surface area contributed by atoms with Crippen molar-refractivity contribution in [2.75, 3.05) is 0 Å². The number of hydrogen-bond acceptors (Lipinski definition) is 3. The molecule has 3 N–H and O–H groups in total. The standard InChI is InChI=1S/C29H51N3O3/c1-18-12-6-9-15-23(18)30-27(33)21(4)26(29(35)32-25-17-11-8-14-20(25)3)22(5)28(34)31-24-16-10-7-13-19(24)2/h18-26H,6-17H2,1-5H3,(H,30,33)(H,31,34)(H,32,35). The van der Waals surface area contributed by atoms with Gasteiger partial charge in [0.05, 0.1) is 5.92 Å². The minimum atomic E-state index is -0.679. The third kappa shape index (κ3) is 7.45. The fourth-order valence-corrected chi connectivity index (χ4v) is 6.71. The SMILES string of the molecule is CC1CCCCC1NC(=O)C(C)C(C(=O)NC1CCCCC1C)C(C)C(=O)NC1CCCCC1C. The average molecular weight is 490 g/mol. The van der Waals surface area contributed by atoms with E-state index in [0.29, 0.717) is 17.8 Å². The van der Waals surface area contributed by atoms with Crippen LogP contribution in [0.4, 0.5) is 0 Å². The minimum Gasteiger partial charge on any atom is -0.353 e. The molecule has 3 amide bonds. The van der Waals surface area contributed by atoms with Gasteiger partial charge in [0.15, 0.2) is 0 Å². The highest BCUT2D eigenvalue weighted by atomic mass is 16.2. The monoisotopic (exact) mass is 489 g/mol. The molecule has 200 valence electrons. The van der Waals surface area contributed by atoms with Crippen molar-refractivity contribution < 1.29 is 14.4 Å². The highest BCUT2D eigenvalue weighted by Gasteiger charge is 2.41. The van der Waals surface area contributed by atoms with E-state index in [1.165, 1.54) is 19.3 Å².